The fraction of sp³-hybridized carbons (Fsp3) is 0.200. The molecule has 0 aliphatic heterocycles. The van der Waals surface area contributed by atoms with Gasteiger partial charge in [-0.25, -0.2) is 9.18 Å². The third-order valence-electron chi connectivity index (χ3n) is 4.22. The van der Waals surface area contributed by atoms with Gasteiger partial charge in [0.05, 0.1) is 18.8 Å². The highest BCUT2D eigenvalue weighted by molar-refractivity contribution is 6.30. The lowest BCUT2D eigenvalue weighted by Gasteiger charge is -2.12. The molecule has 156 valence electrons. The summed E-state index contributed by atoms with van der Waals surface area (Å²) in [5.74, 6) is -1.35. The molecule has 0 fully saturated rings. The molecule has 0 bridgehead atoms. The number of rotatable bonds is 7. The Bertz CT molecular complexity index is 1170. The summed E-state index contributed by atoms with van der Waals surface area (Å²) in [7, 11) is 1.46. The van der Waals surface area contributed by atoms with Crippen LogP contribution in [-0.2, 0) is 11.3 Å². The van der Waals surface area contributed by atoms with Crippen LogP contribution in [0.3, 0.4) is 0 Å². The predicted octanol–water partition coefficient (Wildman–Crippen LogP) is 1.61. The standard InChI is InChI=1S/C20H18ClFN4O4/c1-30-11-10-23-18(27)17-19(28)25(12-13-4-2-3-5-16(13)22)20(29)26(24-17)15-8-6-14(21)7-9-15/h2-9H,10-12H2,1H3,(H,23,27). The first-order valence-corrected chi connectivity index (χ1v) is 9.31. The second-order valence-corrected chi connectivity index (χ2v) is 6.69. The summed E-state index contributed by atoms with van der Waals surface area (Å²) < 4.78 is 20.7. The van der Waals surface area contributed by atoms with Crippen LogP contribution in [0.1, 0.15) is 16.1 Å². The average Bonchev–Trinajstić information content (AvgIpc) is 2.73. The van der Waals surface area contributed by atoms with Crippen LogP contribution in [0.2, 0.25) is 5.02 Å². The van der Waals surface area contributed by atoms with E-state index in [1.807, 2.05) is 0 Å². The normalized spacial score (nSPS) is 10.8. The Morgan fingerprint density at radius 2 is 1.87 bits per heavy atom. The van der Waals surface area contributed by atoms with Gasteiger partial charge in [-0.15, -0.1) is 0 Å². The van der Waals surface area contributed by atoms with Gasteiger partial charge in [-0.05, 0) is 30.3 Å². The molecule has 1 amide bonds. The van der Waals surface area contributed by atoms with Crippen molar-refractivity contribution < 1.29 is 13.9 Å². The molecule has 0 aliphatic carbocycles. The fourth-order valence-corrected chi connectivity index (χ4v) is 2.82. The van der Waals surface area contributed by atoms with Crippen molar-refractivity contribution in [1.29, 1.82) is 0 Å². The number of hydrogen-bond donors (Lipinski definition) is 1. The number of ether oxygens (including phenoxy) is 1. The molecule has 1 aromatic heterocycles. The molecule has 0 unspecified atom stereocenters. The van der Waals surface area contributed by atoms with Crippen molar-refractivity contribution in [3.8, 4) is 5.69 Å². The van der Waals surface area contributed by atoms with E-state index in [-0.39, 0.29) is 30.9 Å². The maximum atomic E-state index is 14.1. The van der Waals surface area contributed by atoms with Gasteiger partial charge in [0.25, 0.3) is 11.5 Å². The topological polar surface area (TPSA) is 95.2 Å². The van der Waals surface area contributed by atoms with E-state index in [1.54, 1.807) is 6.07 Å². The Morgan fingerprint density at radius 1 is 1.17 bits per heavy atom. The number of methoxy groups -OCH3 is 1. The second kappa shape index (κ2) is 9.47. The minimum Gasteiger partial charge on any atom is -0.383 e. The van der Waals surface area contributed by atoms with E-state index >= 15 is 0 Å². The highest BCUT2D eigenvalue weighted by Crippen LogP contribution is 2.11. The third-order valence-corrected chi connectivity index (χ3v) is 4.48. The first-order chi connectivity index (χ1) is 14.4. The van der Waals surface area contributed by atoms with Crippen molar-refractivity contribution >= 4 is 17.5 Å². The number of carbonyl (C=O) groups is 1. The Labute approximate surface area is 175 Å². The van der Waals surface area contributed by atoms with Gasteiger partial charge in [0.2, 0.25) is 5.69 Å². The van der Waals surface area contributed by atoms with E-state index in [4.69, 9.17) is 16.3 Å². The number of hydrogen-bond acceptors (Lipinski definition) is 5. The number of benzene rings is 2. The number of amides is 1. The van der Waals surface area contributed by atoms with Crippen molar-refractivity contribution in [2.45, 2.75) is 6.54 Å². The lowest BCUT2D eigenvalue weighted by Crippen LogP contribution is -2.46. The summed E-state index contributed by atoms with van der Waals surface area (Å²) in [6.45, 7) is 0.00855. The van der Waals surface area contributed by atoms with E-state index < -0.39 is 28.7 Å². The number of nitrogens with one attached hydrogen (secondary N) is 1. The Kier molecular flexibility index (Phi) is 6.76. The van der Waals surface area contributed by atoms with Gasteiger partial charge in [-0.2, -0.15) is 9.78 Å². The smallest absolute Gasteiger partial charge is 0.352 e. The molecule has 0 atom stereocenters. The van der Waals surface area contributed by atoms with Crippen molar-refractivity contribution in [2.75, 3.05) is 20.3 Å². The molecule has 0 spiro atoms. The molecule has 0 saturated heterocycles. The molecule has 10 heteroatoms. The molecule has 1 N–H and O–H groups in total. The Morgan fingerprint density at radius 3 is 2.53 bits per heavy atom. The molecule has 2 aromatic carbocycles. The maximum absolute atomic E-state index is 14.1. The van der Waals surface area contributed by atoms with Crippen LogP contribution in [0.25, 0.3) is 5.69 Å². The third kappa shape index (κ3) is 4.64. The van der Waals surface area contributed by atoms with Crippen LogP contribution in [0, 0.1) is 5.82 Å². The molecule has 3 aromatic rings. The largest absolute Gasteiger partial charge is 0.383 e. The minimum atomic E-state index is -0.927. The van der Waals surface area contributed by atoms with Crippen LogP contribution >= 0.6 is 11.6 Å². The average molecular weight is 433 g/mol. The predicted molar refractivity (Wildman–Crippen MR) is 109 cm³/mol. The molecule has 0 aliphatic rings. The van der Waals surface area contributed by atoms with Crippen LogP contribution in [0.15, 0.2) is 58.1 Å². The monoisotopic (exact) mass is 432 g/mol. The lowest BCUT2D eigenvalue weighted by atomic mass is 10.2. The van der Waals surface area contributed by atoms with Crippen LogP contribution in [0.5, 0.6) is 0 Å². The van der Waals surface area contributed by atoms with Gasteiger partial charge in [0, 0.05) is 24.2 Å². The van der Waals surface area contributed by atoms with Crippen LogP contribution in [0.4, 0.5) is 4.39 Å². The minimum absolute atomic E-state index is 0.122. The molecule has 0 saturated carbocycles. The van der Waals surface area contributed by atoms with Crippen molar-refractivity contribution in [3.63, 3.8) is 0 Å². The summed E-state index contributed by atoms with van der Waals surface area (Å²) >= 11 is 5.89. The number of carbonyl (C=O) groups excluding carboxylic acids is 1. The van der Waals surface area contributed by atoms with Gasteiger partial charge in [0.1, 0.15) is 5.82 Å². The summed E-state index contributed by atoms with van der Waals surface area (Å²) in [6.07, 6.45) is 0. The molecular formula is C20H18ClFN4O4. The van der Waals surface area contributed by atoms with Crippen LogP contribution < -0.4 is 16.6 Å². The van der Waals surface area contributed by atoms with Crippen molar-refractivity contribution in [1.82, 2.24) is 19.7 Å². The lowest BCUT2D eigenvalue weighted by molar-refractivity contribution is 0.0927. The summed E-state index contributed by atoms with van der Waals surface area (Å²) in [4.78, 5) is 38.4. The zero-order valence-corrected chi connectivity index (χ0v) is 16.7. The highest BCUT2D eigenvalue weighted by Gasteiger charge is 2.21. The second-order valence-electron chi connectivity index (χ2n) is 6.25. The van der Waals surface area contributed by atoms with Gasteiger partial charge >= 0.3 is 5.69 Å². The number of nitrogens with zero attached hydrogens (tertiary/aromatic N) is 3. The number of halogens is 2. The quantitative estimate of drug-likeness (QED) is 0.572. The van der Waals surface area contributed by atoms with E-state index in [1.165, 1.54) is 49.6 Å². The molecule has 3 rings (SSSR count). The molecule has 0 radical (unpaired) electrons. The molecule has 8 nitrogen and oxygen atoms in total. The molecule has 30 heavy (non-hydrogen) atoms. The Hall–Kier alpha value is -3.30. The van der Waals surface area contributed by atoms with Crippen LogP contribution in [-0.4, -0.2) is 40.5 Å². The number of aromatic nitrogens is 3. The maximum Gasteiger partial charge on any atom is 0.352 e. The van der Waals surface area contributed by atoms with E-state index in [2.05, 4.69) is 10.4 Å². The van der Waals surface area contributed by atoms with E-state index in [0.717, 1.165) is 9.25 Å². The van der Waals surface area contributed by atoms with E-state index in [9.17, 15) is 18.8 Å². The molecular weight excluding hydrogens is 415 g/mol. The van der Waals surface area contributed by atoms with Gasteiger partial charge in [-0.1, -0.05) is 29.8 Å². The Balaban J connectivity index is 2.15. The van der Waals surface area contributed by atoms with Gasteiger partial charge in [-0.3, -0.25) is 14.2 Å². The first-order valence-electron chi connectivity index (χ1n) is 8.93. The summed E-state index contributed by atoms with van der Waals surface area (Å²) in [6, 6.07) is 11.9. The first kappa shape index (κ1) is 21.4. The van der Waals surface area contributed by atoms with Gasteiger partial charge in [0.15, 0.2) is 0 Å². The highest BCUT2D eigenvalue weighted by atomic mass is 35.5. The van der Waals surface area contributed by atoms with Crippen molar-refractivity contribution in [2.24, 2.45) is 0 Å². The fourth-order valence-electron chi connectivity index (χ4n) is 2.69. The van der Waals surface area contributed by atoms with Crippen molar-refractivity contribution in [3.05, 3.63) is 91.5 Å². The zero-order valence-electron chi connectivity index (χ0n) is 16.0. The SMILES string of the molecule is COCCNC(=O)c1nn(-c2ccc(Cl)cc2)c(=O)n(Cc2ccccc2F)c1=O. The summed E-state index contributed by atoms with van der Waals surface area (Å²) in [5, 5.41) is 6.89. The molecule has 1 heterocycles. The zero-order chi connectivity index (χ0) is 21.7. The van der Waals surface area contributed by atoms with Gasteiger partial charge < -0.3 is 10.1 Å². The van der Waals surface area contributed by atoms with E-state index in [0.29, 0.717) is 5.02 Å². The summed E-state index contributed by atoms with van der Waals surface area (Å²) in [5.41, 5.74) is -1.84.